The largest absolute Gasteiger partial charge is 0.353 e. The number of carbonyl (C=O) groups excluding carboxylic acids is 1. The van der Waals surface area contributed by atoms with Gasteiger partial charge in [0.1, 0.15) is 5.69 Å². The molecule has 0 fully saturated rings. The van der Waals surface area contributed by atoms with Crippen LogP contribution in [0.1, 0.15) is 16.1 Å². The van der Waals surface area contributed by atoms with Crippen LogP contribution in [-0.2, 0) is 0 Å². The predicted molar refractivity (Wildman–Crippen MR) is 97.3 cm³/mol. The lowest BCUT2D eigenvalue weighted by Crippen LogP contribution is -2.31. The summed E-state index contributed by atoms with van der Waals surface area (Å²) in [5, 5.41) is 6.12. The van der Waals surface area contributed by atoms with Crippen molar-refractivity contribution in [2.45, 2.75) is 6.92 Å². The summed E-state index contributed by atoms with van der Waals surface area (Å²) in [4.78, 5) is 18.2. The average molecular weight is 377 g/mol. The van der Waals surface area contributed by atoms with Crippen LogP contribution in [0.3, 0.4) is 0 Å². The molecule has 0 aliphatic rings. The van der Waals surface area contributed by atoms with Crippen molar-refractivity contribution in [3.8, 4) is 0 Å². The van der Waals surface area contributed by atoms with Crippen molar-refractivity contribution < 1.29 is 4.79 Å². The summed E-state index contributed by atoms with van der Waals surface area (Å²) < 4.78 is 0.989. The van der Waals surface area contributed by atoms with Gasteiger partial charge < -0.3 is 15.5 Å². The third kappa shape index (κ3) is 5.33. The summed E-state index contributed by atoms with van der Waals surface area (Å²) in [5.74, 6) is -0.157. The number of likely N-dealkylation sites (N-methyl/N-ethyl adjacent to an activating group) is 1. The van der Waals surface area contributed by atoms with Gasteiger partial charge in [-0.3, -0.25) is 4.79 Å². The van der Waals surface area contributed by atoms with E-state index >= 15 is 0 Å². The van der Waals surface area contributed by atoms with Gasteiger partial charge in [-0.15, -0.1) is 0 Å². The second-order valence-electron chi connectivity index (χ2n) is 5.60. The van der Waals surface area contributed by atoms with Crippen molar-refractivity contribution in [3.05, 3.63) is 52.3 Å². The number of carbonyl (C=O) groups is 1. The molecule has 23 heavy (non-hydrogen) atoms. The van der Waals surface area contributed by atoms with E-state index in [-0.39, 0.29) is 5.91 Å². The Morgan fingerprint density at radius 1 is 1.26 bits per heavy atom. The summed E-state index contributed by atoms with van der Waals surface area (Å²) in [6.07, 6.45) is 1.66. The predicted octanol–water partition coefficient (Wildman–Crippen LogP) is 3.19. The lowest BCUT2D eigenvalue weighted by atomic mass is 10.2. The van der Waals surface area contributed by atoms with Crippen molar-refractivity contribution in [1.82, 2.24) is 15.2 Å². The van der Waals surface area contributed by atoms with Crippen molar-refractivity contribution in [1.29, 1.82) is 0 Å². The van der Waals surface area contributed by atoms with Crippen molar-refractivity contribution in [2.75, 3.05) is 32.5 Å². The lowest BCUT2D eigenvalue weighted by molar-refractivity contribution is 0.0946. The van der Waals surface area contributed by atoms with Crippen LogP contribution < -0.4 is 10.6 Å². The van der Waals surface area contributed by atoms with E-state index in [1.54, 1.807) is 12.3 Å². The molecule has 122 valence electrons. The third-order valence-electron chi connectivity index (χ3n) is 3.24. The van der Waals surface area contributed by atoms with E-state index in [1.807, 2.05) is 50.2 Å². The second kappa shape index (κ2) is 8.08. The fraction of sp³-hybridized carbons (Fsp3) is 0.294. The molecule has 0 radical (unpaired) electrons. The number of rotatable bonds is 6. The Kier molecular flexibility index (Phi) is 6.12. The molecule has 0 aliphatic heterocycles. The van der Waals surface area contributed by atoms with Gasteiger partial charge in [0, 0.05) is 17.6 Å². The first-order chi connectivity index (χ1) is 11.0. The van der Waals surface area contributed by atoms with E-state index in [0.717, 1.165) is 22.4 Å². The van der Waals surface area contributed by atoms with Crippen LogP contribution >= 0.6 is 15.9 Å². The molecule has 0 saturated heterocycles. The maximum atomic E-state index is 12.0. The van der Waals surface area contributed by atoms with E-state index in [4.69, 9.17) is 0 Å². The Bertz CT molecular complexity index is 671. The topological polar surface area (TPSA) is 57.3 Å². The van der Waals surface area contributed by atoms with E-state index < -0.39 is 0 Å². The molecule has 1 heterocycles. The van der Waals surface area contributed by atoms with Crippen molar-refractivity contribution in [3.63, 3.8) is 0 Å². The Hall–Kier alpha value is -1.92. The van der Waals surface area contributed by atoms with Crippen LogP contribution in [0.15, 0.2) is 41.0 Å². The number of nitrogens with zero attached hydrogens (tertiary/aromatic N) is 2. The molecular weight excluding hydrogens is 356 g/mol. The van der Waals surface area contributed by atoms with E-state index in [2.05, 4.69) is 31.5 Å². The molecule has 2 N–H and O–H groups in total. The number of aryl methyl sites for hydroxylation is 1. The van der Waals surface area contributed by atoms with E-state index in [0.29, 0.717) is 12.2 Å². The van der Waals surface area contributed by atoms with E-state index in [1.165, 1.54) is 5.56 Å². The fourth-order valence-electron chi connectivity index (χ4n) is 1.96. The summed E-state index contributed by atoms with van der Waals surface area (Å²) in [5.41, 5.74) is 3.39. The van der Waals surface area contributed by atoms with Gasteiger partial charge in [0.25, 0.3) is 5.91 Å². The highest BCUT2D eigenvalue weighted by molar-refractivity contribution is 9.10. The molecule has 0 saturated carbocycles. The van der Waals surface area contributed by atoms with Crippen LogP contribution in [0.5, 0.6) is 0 Å². The molecule has 1 aromatic heterocycles. The van der Waals surface area contributed by atoms with Crippen LogP contribution in [-0.4, -0.2) is 43.0 Å². The quantitative estimate of drug-likeness (QED) is 0.812. The third-order valence-corrected chi connectivity index (χ3v) is 3.90. The number of benzene rings is 1. The first kappa shape index (κ1) is 17.4. The molecule has 2 rings (SSSR count). The van der Waals surface area contributed by atoms with Crippen LogP contribution in [0.4, 0.5) is 11.4 Å². The Balaban J connectivity index is 1.97. The smallest absolute Gasteiger partial charge is 0.269 e. The Morgan fingerprint density at radius 3 is 2.65 bits per heavy atom. The van der Waals surface area contributed by atoms with Gasteiger partial charge in [0.15, 0.2) is 0 Å². The number of pyridine rings is 1. The first-order valence-corrected chi connectivity index (χ1v) is 8.17. The number of nitrogens with one attached hydrogen (secondary N) is 2. The second-order valence-corrected chi connectivity index (χ2v) is 6.45. The summed E-state index contributed by atoms with van der Waals surface area (Å²) in [7, 11) is 3.93. The fourth-order valence-corrected chi connectivity index (χ4v) is 2.56. The molecule has 0 unspecified atom stereocenters. The normalized spacial score (nSPS) is 10.7. The molecule has 0 aliphatic carbocycles. The van der Waals surface area contributed by atoms with Gasteiger partial charge in [-0.2, -0.15) is 0 Å². The molecule has 0 spiro atoms. The number of anilines is 2. The zero-order valence-corrected chi connectivity index (χ0v) is 15.1. The Labute approximate surface area is 145 Å². The minimum absolute atomic E-state index is 0.157. The van der Waals surface area contributed by atoms with Gasteiger partial charge in [-0.25, -0.2) is 4.98 Å². The van der Waals surface area contributed by atoms with Crippen LogP contribution in [0, 0.1) is 6.92 Å². The summed E-state index contributed by atoms with van der Waals surface area (Å²) >= 11 is 3.53. The van der Waals surface area contributed by atoms with Crippen molar-refractivity contribution in [2.24, 2.45) is 0 Å². The van der Waals surface area contributed by atoms with Gasteiger partial charge in [-0.1, -0.05) is 6.07 Å². The van der Waals surface area contributed by atoms with Gasteiger partial charge >= 0.3 is 0 Å². The number of aromatic nitrogens is 1. The summed E-state index contributed by atoms with van der Waals surface area (Å²) in [6.45, 7) is 3.44. The minimum Gasteiger partial charge on any atom is -0.353 e. The molecular formula is C17H21BrN4O. The zero-order valence-electron chi connectivity index (χ0n) is 13.6. The zero-order chi connectivity index (χ0) is 16.8. The lowest BCUT2D eigenvalue weighted by Gasteiger charge is -2.11. The number of hydrogen-bond acceptors (Lipinski definition) is 4. The molecule has 0 bridgehead atoms. The van der Waals surface area contributed by atoms with Gasteiger partial charge in [-0.05, 0) is 66.8 Å². The average Bonchev–Trinajstić information content (AvgIpc) is 2.50. The van der Waals surface area contributed by atoms with Crippen molar-refractivity contribution >= 4 is 33.2 Å². The van der Waals surface area contributed by atoms with E-state index in [9.17, 15) is 4.79 Å². The summed E-state index contributed by atoms with van der Waals surface area (Å²) in [6, 6.07) is 9.65. The molecule has 2 aromatic rings. The van der Waals surface area contributed by atoms with Crippen LogP contribution in [0.25, 0.3) is 0 Å². The minimum atomic E-state index is -0.157. The molecule has 0 atom stereocenters. The SMILES string of the molecule is Cc1ccc(Nc2ccc(C(=O)NCCN(C)C)nc2)c(Br)c1. The molecule has 1 aromatic carbocycles. The monoisotopic (exact) mass is 376 g/mol. The molecule has 1 amide bonds. The van der Waals surface area contributed by atoms with Crippen LogP contribution in [0.2, 0.25) is 0 Å². The highest BCUT2D eigenvalue weighted by atomic mass is 79.9. The first-order valence-electron chi connectivity index (χ1n) is 7.38. The maximum Gasteiger partial charge on any atom is 0.269 e. The number of amides is 1. The number of halogens is 1. The number of hydrogen-bond donors (Lipinski definition) is 2. The van der Waals surface area contributed by atoms with Gasteiger partial charge in [0.05, 0.1) is 17.6 Å². The highest BCUT2D eigenvalue weighted by Gasteiger charge is 2.07. The maximum absolute atomic E-state index is 12.0. The standard InChI is InChI=1S/C17H21BrN4O/c1-12-4-6-15(14(18)10-12)21-13-5-7-16(20-11-13)17(23)19-8-9-22(2)3/h4-7,10-11,21H,8-9H2,1-3H3,(H,19,23). The molecule has 6 heteroatoms. The van der Waals surface area contributed by atoms with Gasteiger partial charge in [0.2, 0.25) is 0 Å². The Morgan fingerprint density at radius 2 is 2.04 bits per heavy atom. The molecule has 5 nitrogen and oxygen atoms in total. The highest BCUT2D eigenvalue weighted by Crippen LogP contribution is 2.26.